The molecule has 1 aliphatic heterocycles. The minimum Gasteiger partial charge on any atom is -0.396 e. The lowest BCUT2D eigenvalue weighted by Gasteiger charge is -2.40. The summed E-state index contributed by atoms with van der Waals surface area (Å²) in [6.07, 6.45) is 2.38. The van der Waals surface area contributed by atoms with E-state index in [0.717, 1.165) is 19.3 Å². The number of amides is 2. The fraction of sp³-hybridized carbons (Fsp3) is 0.562. The predicted octanol–water partition coefficient (Wildman–Crippen LogP) is 4.02. The number of rotatable bonds is 5. The Morgan fingerprint density at radius 2 is 2.04 bits per heavy atom. The molecule has 0 aromatic heterocycles. The van der Waals surface area contributed by atoms with Gasteiger partial charge in [-0.15, -0.1) is 0 Å². The third-order valence-electron chi connectivity index (χ3n) is 4.54. The van der Waals surface area contributed by atoms with Crippen molar-refractivity contribution in [3.8, 4) is 0 Å². The molecule has 0 spiro atoms. The molecule has 2 N–H and O–H groups in total. The highest BCUT2D eigenvalue weighted by Crippen LogP contribution is 2.35. The largest absolute Gasteiger partial charge is 0.396 e. The zero-order valence-electron chi connectivity index (χ0n) is 13.1. The van der Waals surface area contributed by atoms with Gasteiger partial charge in [0.1, 0.15) is 0 Å². The summed E-state index contributed by atoms with van der Waals surface area (Å²) in [5.74, 6) is -2.53. The number of likely N-dealkylation sites (tertiary alicyclic amines) is 1. The Kier molecular flexibility index (Phi) is 6.24. The van der Waals surface area contributed by atoms with Crippen molar-refractivity contribution in [2.45, 2.75) is 36.8 Å². The van der Waals surface area contributed by atoms with Crippen LogP contribution in [0, 0.1) is 5.41 Å². The molecule has 128 valence electrons. The predicted molar refractivity (Wildman–Crippen MR) is 87.9 cm³/mol. The van der Waals surface area contributed by atoms with Crippen LogP contribution >= 0.6 is 11.8 Å². The number of hydrogen-bond acceptors (Lipinski definition) is 3. The molecular weight excluding hydrogens is 322 g/mol. The van der Waals surface area contributed by atoms with E-state index in [0.29, 0.717) is 35.4 Å². The first-order valence-electron chi connectivity index (χ1n) is 7.70. The van der Waals surface area contributed by atoms with E-state index in [2.05, 4.69) is 5.32 Å². The van der Waals surface area contributed by atoms with Crippen molar-refractivity contribution < 1.29 is 18.7 Å². The lowest BCUT2D eigenvalue weighted by Crippen LogP contribution is -2.46. The highest BCUT2D eigenvalue weighted by molar-refractivity contribution is 7.99. The molecule has 0 atom stereocenters. The lowest BCUT2D eigenvalue weighted by molar-refractivity contribution is 0.0542. The molecule has 1 saturated heterocycles. The number of aliphatic hydroxyl groups is 1. The van der Waals surface area contributed by atoms with Crippen molar-refractivity contribution in [1.29, 1.82) is 0 Å². The summed E-state index contributed by atoms with van der Waals surface area (Å²) in [6.45, 7) is 3.30. The first-order valence-corrected chi connectivity index (χ1v) is 8.58. The van der Waals surface area contributed by atoms with E-state index in [4.69, 9.17) is 0 Å². The smallest absolute Gasteiger partial charge is 0.321 e. The van der Waals surface area contributed by atoms with Gasteiger partial charge in [0.15, 0.2) is 0 Å². The number of benzene rings is 1. The number of hydrogen-bond donors (Lipinski definition) is 2. The monoisotopic (exact) mass is 344 g/mol. The molecule has 1 heterocycles. The topological polar surface area (TPSA) is 52.6 Å². The Morgan fingerprint density at radius 1 is 1.39 bits per heavy atom. The van der Waals surface area contributed by atoms with E-state index in [-0.39, 0.29) is 18.1 Å². The van der Waals surface area contributed by atoms with Gasteiger partial charge in [0, 0.05) is 24.6 Å². The first kappa shape index (κ1) is 18.0. The number of thioether (sulfide) groups is 1. The number of urea groups is 1. The number of anilines is 1. The van der Waals surface area contributed by atoms with Gasteiger partial charge in [0.2, 0.25) is 0 Å². The third-order valence-corrected chi connectivity index (χ3v) is 5.33. The second kappa shape index (κ2) is 7.97. The molecule has 0 radical (unpaired) electrons. The van der Waals surface area contributed by atoms with E-state index in [1.54, 1.807) is 29.2 Å². The van der Waals surface area contributed by atoms with E-state index in [1.807, 2.05) is 6.92 Å². The quantitative estimate of drug-likeness (QED) is 0.793. The average molecular weight is 344 g/mol. The van der Waals surface area contributed by atoms with Crippen molar-refractivity contribution in [3.63, 3.8) is 0 Å². The van der Waals surface area contributed by atoms with E-state index < -0.39 is 5.76 Å². The molecule has 0 saturated carbocycles. The molecule has 0 unspecified atom stereocenters. The molecule has 4 nitrogen and oxygen atoms in total. The Bertz CT molecular complexity index is 529. The van der Waals surface area contributed by atoms with Gasteiger partial charge in [-0.1, -0.05) is 30.8 Å². The summed E-state index contributed by atoms with van der Waals surface area (Å²) in [5, 5.41) is 12.2. The lowest BCUT2D eigenvalue weighted by atomic mass is 9.77. The second-order valence-corrected chi connectivity index (χ2v) is 6.84. The molecule has 0 aliphatic carbocycles. The molecule has 0 bridgehead atoms. The number of para-hydroxylation sites is 1. The van der Waals surface area contributed by atoms with Crippen LogP contribution in [0.15, 0.2) is 29.2 Å². The number of piperidine rings is 1. The van der Waals surface area contributed by atoms with E-state index >= 15 is 0 Å². The molecule has 1 aliphatic rings. The fourth-order valence-electron chi connectivity index (χ4n) is 2.77. The van der Waals surface area contributed by atoms with Gasteiger partial charge in [-0.2, -0.15) is 8.78 Å². The first-order chi connectivity index (χ1) is 11.0. The Balaban J connectivity index is 1.98. The number of carbonyl (C=O) groups excluding carboxylic acids is 1. The summed E-state index contributed by atoms with van der Waals surface area (Å²) in [5.41, 5.74) is 0.303. The van der Waals surface area contributed by atoms with Gasteiger partial charge in [-0.3, -0.25) is 0 Å². The van der Waals surface area contributed by atoms with Crippen molar-refractivity contribution in [2.75, 3.05) is 25.0 Å². The fourth-order valence-corrected chi connectivity index (χ4v) is 3.37. The minimum atomic E-state index is -2.53. The third kappa shape index (κ3) is 4.57. The number of nitrogens with one attached hydrogen (secondary N) is 1. The highest BCUT2D eigenvalue weighted by atomic mass is 32.2. The number of aliphatic hydroxyl groups excluding tert-OH is 1. The van der Waals surface area contributed by atoms with Gasteiger partial charge in [-0.25, -0.2) is 4.79 Å². The molecule has 23 heavy (non-hydrogen) atoms. The summed E-state index contributed by atoms with van der Waals surface area (Å²) in [7, 11) is 0. The van der Waals surface area contributed by atoms with Crippen LogP contribution in [-0.4, -0.2) is 41.5 Å². The maximum Gasteiger partial charge on any atom is 0.321 e. The van der Waals surface area contributed by atoms with Crippen LogP contribution in [0.2, 0.25) is 0 Å². The summed E-state index contributed by atoms with van der Waals surface area (Å²) < 4.78 is 25.1. The minimum absolute atomic E-state index is 0.0970. The number of alkyl halides is 2. The van der Waals surface area contributed by atoms with Crippen LogP contribution in [0.4, 0.5) is 19.3 Å². The van der Waals surface area contributed by atoms with Crippen LogP contribution in [0.3, 0.4) is 0 Å². The Labute approximate surface area is 139 Å². The number of carbonyl (C=O) groups is 1. The van der Waals surface area contributed by atoms with Gasteiger partial charge in [0.05, 0.1) is 5.69 Å². The Morgan fingerprint density at radius 3 is 2.61 bits per heavy atom. The van der Waals surface area contributed by atoms with E-state index in [9.17, 15) is 18.7 Å². The maximum absolute atomic E-state index is 12.6. The van der Waals surface area contributed by atoms with Crippen molar-refractivity contribution >= 4 is 23.5 Å². The van der Waals surface area contributed by atoms with Crippen LogP contribution in [-0.2, 0) is 0 Å². The van der Waals surface area contributed by atoms with Gasteiger partial charge in [-0.05, 0) is 36.8 Å². The highest BCUT2D eigenvalue weighted by Gasteiger charge is 2.34. The molecule has 2 rings (SSSR count). The zero-order chi connectivity index (χ0) is 16.9. The molecular formula is C16H22F2N2O2S. The van der Waals surface area contributed by atoms with Gasteiger partial charge < -0.3 is 15.3 Å². The molecule has 7 heteroatoms. The number of nitrogens with zero attached hydrogens (tertiary/aromatic N) is 1. The molecule has 1 aromatic rings. The van der Waals surface area contributed by atoms with Gasteiger partial charge in [0.25, 0.3) is 5.76 Å². The molecule has 1 fully saturated rings. The van der Waals surface area contributed by atoms with Crippen LogP contribution in [0.5, 0.6) is 0 Å². The SMILES string of the molecule is CCC1(CO)CCN(C(=O)Nc2ccccc2SC(F)F)CC1. The molecule has 2 amide bonds. The second-order valence-electron chi connectivity index (χ2n) is 5.80. The van der Waals surface area contributed by atoms with Gasteiger partial charge >= 0.3 is 6.03 Å². The number of halogens is 2. The molecule has 1 aromatic carbocycles. The van der Waals surface area contributed by atoms with Crippen LogP contribution in [0.1, 0.15) is 26.2 Å². The van der Waals surface area contributed by atoms with Crippen molar-refractivity contribution in [3.05, 3.63) is 24.3 Å². The standard InChI is InChI=1S/C16H22F2N2O2S/c1-2-16(11-21)7-9-20(10-8-16)15(22)19-12-5-3-4-6-13(12)23-14(17)18/h3-6,14,21H,2,7-11H2,1H3,(H,19,22). The normalized spacial score (nSPS) is 17.3. The van der Waals surface area contributed by atoms with Crippen LogP contribution in [0.25, 0.3) is 0 Å². The summed E-state index contributed by atoms with van der Waals surface area (Å²) in [6, 6.07) is 6.27. The van der Waals surface area contributed by atoms with Crippen molar-refractivity contribution in [2.24, 2.45) is 5.41 Å². The average Bonchev–Trinajstić information content (AvgIpc) is 2.56. The zero-order valence-corrected chi connectivity index (χ0v) is 13.9. The van der Waals surface area contributed by atoms with E-state index in [1.165, 1.54) is 0 Å². The summed E-state index contributed by atoms with van der Waals surface area (Å²) in [4.78, 5) is 14.4. The van der Waals surface area contributed by atoms with Crippen LogP contribution < -0.4 is 5.32 Å². The van der Waals surface area contributed by atoms with Crippen molar-refractivity contribution in [1.82, 2.24) is 4.90 Å². The Hall–Kier alpha value is -1.34. The summed E-state index contributed by atoms with van der Waals surface area (Å²) >= 11 is 0.421. The maximum atomic E-state index is 12.6.